The highest BCUT2D eigenvalue weighted by Gasteiger charge is 2.36. The summed E-state index contributed by atoms with van der Waals surface area (Å²) in [5.41, 5.74) is 1.29. The van der Waals surface area contributed by atoms with Crippen molar-refractivity contribution in [3.8, 4) is 5.75 Å². The van der Waals surface area contributed by atoms with Gasteiger partial charge in [-0.25, -0.2) is 9.79 Å². The van der Waals surface area contributed by atoms with Gasteiger partial charge in [-0.05, 0) is 55.5 Å². The molecule has 0 radical (unpaired) electrons. The number of anilines is 1. The third-order valence-corrected chi connectivity index (χ3v) is 8.91. The van der Waals surface area contributed by atoms with E-state index in [-0.39, 0.29) is 12.2 Å². The summed E-state index contributed by atoms with van der Waals surface area (Å²) < 4.78 is 19.5. The third-order valence-electron chi connectivity index (χ3n) is 7.92. The van der Waals surface area contributed by atoms with E-state index in [1.807, 2.05) is 48.5 Å². The van der Waals surface area contributed by atoms with Crippen molar-refractivity contribution in [1.82, 2.24) is 4.57 Å². The van der Waals surface area contributed by atoms with Gasteiger partial charge in [0.25, 0.3) is 5.56 Å². The molecule has 2 aliphatic heterocycles. The molecule has 0 unspecified atom stereocenters. The fourth-order valence-corrected chi connectivity index (χ4v) is 6.77. The summed E-state index contributed by atoms with van der Waals surface area (Å²) in [4.78, 5) is 35.0. The van der Waals surface area contributed by atoms with Gasteiger partial charge in [0.15, 0.2) is 10.7 Å². The molecule has 6 rings (SSSR count). The van der Waals surface area contributed by atoms with Crippen molar-refractivity contribution in [1.29, 1.82) is 0 Å². The summed E-state index contributed by atoms with van der Waals surface area (Å²) in [6.07, 6.45) is 4.03. The monoisotopic (exact) mass is 571 g/mol. The van der Waals surface area contributed by atoms with E-state index in [2.05, 4.69) is 11.8 Å². The van der Waals surface area contributed by atoms with Crippen LogP contribution in [-0.4, -0.2) is 37.3 Å². The second kappa shape index (κ2) is 11.0. The molecule has 9 heteroatoms. The number of nitrogens with zero attached hydrogens (tertiary/aromatic N) is 3. The minimum absolute atomic E-state index is 0.205. The van der Waals surface area contributed by atoms with E-state index in [4.69, 9.17) is 18.9 Å². The van der Waals surface area contributed by atoms with E-state index in [9.17, 15) is 9.59 Å². The van der Waals surface area contributed by atoms with Crippen LogP contribution in [-0.2, 0) is 9.53 Å². The number of carbonyl (C=O) groups is 1. The van der Waals surface area contributed by atoms with E-state index < -0.39 is 12.0 Å². The van der Waals surface area contributed by atoms with Crippen LogP contribution in [0.5, 0.6) is 5.75 Å². The quantitative estimate of drug-likeness (QED) is 0.310. The minimum Gasteiger partial charge on any atom is -0.496 e. The maximum atomic E-state index is 14.1. The molecule has 1 atom stereocenters. The van der Waals surface area contributed by atoms with Crippen molar-refractivity contribution in [2.75, 3.05) is 31.7 Å². The van der Waals surface area contributed by atoms with E-state index in [1.165, 1.54) is 11.3 Å². The zero-order valence-electron chi connectivity index (χ0n) is 23.7. The van der Waals surface area contributed by atoms with Crippen LogP contribution in [0.15, 0.2) is 74.0 Å². The molecular formula is C32H33N3O5S. The summed E-state index contributed by atoms with van der Waals surface area (Å²) in [5.74, 6) is 2.21. The number of carbonyl (C=O) groups excluding carboxylic acids is 1. The Morgan fingerprint density at radius 1 is 1.15 bits per heavy atom. The highest BCUT2D eigenvalue weighted by Crippen LogP contribution is 2.40. The highest BCUT2D eigenvalue weighted by molar-refractivity contribution is 7.07. The second-order valence-electron chi connectivity index (χ2n) is 10.6. The Kier molecular flexibility index (Phi) is 7.30. The fourth-order valence-electron chi connectivity index (χ4n) is 5.75. The molecular weight excluding hydrogens is 538 g/mol. The van der Waals surface area contributed by atoms with Gasteiger partial charge in [-0.1, -0.05) is 48.6 Å². The lowest BCUT2D eigenvalue weighted by Crippen LogP contribution is -2.40. The lowest BCUT2D eigenvalue weighted by atomic mass is 9.90. The number of aromatic nitrogens is 1. The molecule has 0 amide bonds. The van der Waals surface area contributed by atoms with Crippen LogP contribution in [0.3, 0.4) is 0 Å². The molecule has 1 fully saturated rings. The number of fused-ring (bicyclic) bond motifs is 2. The topological polar surface area (TPSA) is 86.3 Å². The maximum Gasteiger partial charge on any atom is 0.338 e. The molecule has 0 spiro atoms. The van der Waals surface area contributed by atoms with Crippen molar-refractivity contribution < 1.29 is 18.7 Å². The number of allylic oxidation sites excluding steroid dienone is 1. The summed E-state index contributed by atoms with van der Waals surface area (Å²) in [6.45, 7) is 7.94. The molecule has 41 heavy (non-hydrogen) atoms. The number of methoxy groups -OCH3 is 1. The minimum atomic E-state index is -0.781. The maximum absolute atomic E-state index is 14.1. The molecule has 212 valence electrons. The van der Waals surface area contributed by atoms with Crippen molar-refractivity contribution in [3.05, 3.63) is 90.8 Å². The Balaban J connectivity index is 1.52. The average molecular weight is 572 g/mol. The number of hydrogen-bond acceptors (Lipinski definition) is 8. The van der Waals surface area contributed by atoms with Gasteiger partial charge < -0.3 is 18.8 Å². The van der Waals surface area contributed by atoms with Crippen LogP contribution >= 0.6 is 11.3 Å². The first kappa shape index (κ1) is 27.1. The van der Waals surface area contributed by atoms with Gasteiger partial charge in [0, 0.05) is 30.8 Å². The molecule has 2 aromatic carbocycles. The van der Waals surface area contributed by atoms with Crippen molar-refractivity contribution in [3.63, 3.8) is 0 Å². The first-order valence-electron chi connectivity index (χ1n) is 14.0. The van der Waals surface area contributed by atoms with Gasteiger partial charge >= 0.3 is 5.97 Å². The van der Waals surface area contributed by atoms with Crippen LogP contribution in [0, 0.1) is 5.92 Å². The van der Waals surface area contributed by atoms with Gasteiger partial charge in [0.05, 0.1) is 29.5 Å². The Labute approximate surface area is 241 Å². The summed E-state index contributed by atoms with van der Waals surface area (Å²) in [7, 11) is 1.59. The second-order valence-corrected chi connectivity index (χ2v) is 11.6. The SMILES string of the molecule is CCOC(=O)C1=C(C)N=c2s/c(=C/c3ccc(N4CCC(C)CC4)o3)c(=O)n2[C@H]1c1c(OC)ccc2ccccc12. The summed E-state index contributed by atoms with van der Waals surface area (Å²) in [5, 5.41) is 1.85. The van der Waals surface area contributed by atoms with Crippen molar-refractivity contribution in [2.24, 2.45) is 10.9 Å². The van der Waals surface area contributed by atoms with Crippen molar-refractivity contribution >= 4 is 40.0 Å². The van der Waals surface area contributed by atoms with Crippen LogP contribution in [0.25, 0.3) is 16.8 Å². The van der Waals surface area contributed by atoms with Gasteiger partial charge in [0.1, 0.15) is 17.6 Å². The number of ether oxygens (including phenoxy) is 2. The van der Waals surface area contributed by atoms with Gasteiger partial charge in [-0.15, -0.1) is 0 Å². The zero-order valence-corrected chi connectivity index (χ0v) is 24.5. The molecule has 2 aromatic heterocycles. The van der Waals surface area contributed by atoms with Crippen LogP contribution < -0.4 is 24.5 Å². The fraction of sp³-hybridized carbons (Fsp3) is 0.344. The smallest absolute Gasteiger partial charge is 0.338 e. The highest BCUT2D eigenvalue weighted by atomic mass is 32.1. The predicted octanol–water partition coefficient (Wildman–Crippen LogP) is 4.79. The number of rotatable bonds is 6. The number of thiazole rings is 1. The number of benzene rings is 2. The van der Waals surface area contributed by atoms with E-state index in [1.54, 1.807) is 31.6 Å². The molecule has 4 heterocycles. The molecule has 0 aliphatic carbocycles. The van der Waals surface area contributed by atoms with Crippen LogP contribution in [0.1, 0.15) is 51.0 Å². The molecule has 0 bridgehead atoms. The van der Waals surface area contributed by atoms with Gasteiger partial charge in [-0.3, -0.25) is 9.36 Å². The average Bonchev–Trinajstić information content (AvgIpc) is 3.56. The number of esters is 1. The van der Waals surface area contributed by atoms with Crippen LogP contribution in [0.4, 0.5) is 5.88 Å². The summed E-state index contributed by atoms with van der Waals surface area (Å²) in [6, 6.07) is 14.8. The van der Waals surface area contributed by atoms with Crippen LogP contribution in [0.2, 0.25) is 0 Å². The molecule has 0 saturated carbocycles. The van der Waals surface area contributed by atoms with E-state index in [0.717, 1.165) is 54.1 Å². The third kappa shape index (κ3) is 4.88. The lowest BCUT2D eigenvalue weighted by molar-refractivity contribution is -0.139. The van der Waals surface area contributed by atoms with E-state index >= 15 is 0 Å². The Morgan fingerprint density at radius 3 is 2.68 bits per heavy atom. The first-order valence-corrected chi connectivity index (χ1v) is 14.8. The van der Waals surface area contributed by atoms with Gasteiger partial charge in [0.2, 0.25) is 0 Å². The molecule has 8 nitrogen and oxygen atoms in total. The zero-order chi connectivity index (χ0) is 28.7. The Bertz CT molecular complexity index is 1840. The predicted molar refractivity (Wildman–Crippen MR) is 160 cm³/mol. The number of hydrogen-bond donors (Lipinski definition) is 0. The molecule has 4 aromatic rings. The number of furan rings is 1. The molecule has 0 N–H and O–H groups in total. The van der Waals surface area contributed by atoms with Gasteiger partial charge in [-0.2, -0.15) is 0 Å². The largest absolute Gasteiger partial charge is 0.496 e. The normalized spacial score (nSPS) is 18.0. The summed E-state index contributed by atoms with van der Waals surface area (Å²) >= 11 is 1.28. The Morgan fingerprint density at radius 2 is 1.93 bits per heavy atom. The molecule has 2 aliphatic rings. The lowest BCUT2D eigenvalue weighted by Gasteiger charge is -2.29. The number of piperidine rings is 1. The van der Waals surface area contributed by atoms with Crippen molar-refractivity contribution in [2.45, 2.75) is 39.7 Å². The first-order chi connectivity index (χ1) is 19.9. The standard InChI is InChI=1S/C32H33N3O5S/c1-5-39-31(37)27-20(3)33-32-35(29(27)28-23-9-7-6-8-21(23)10-12-24(28)38-4)30(36)25(41-32)18-22-11-13-26(40-22)34-16-14-19(2)15-17-34/h6-13,18-19,29H,5,14-17H2,1-4H3/b25-18+/t29-/m1/s1. The Hall–Kier alpha value is -4.11. The van der Waals surface area contributed by atoms with E-state index in [0.29, 0.717) is 32.1 Å². The molecule has 1 saturated heterocycles.